The average Bonchev–Trinajstić information content (AvgIpc) is 2.61. The van der Waals surface area contributed by atoms with Crippen molar-refractivity contribution in [2.45, 2.75) is 37.8 Å². The van der Waals surface area contributed by atoms with Crippen molar-refractivity contribution in [2.75, 3.05) is 13.2 Å². The topological polar surface area (TPSA) is 62.4 Å². The molecule has 1 saturated heterocycles. The van der Waals surface area contributed by atoms with Crippen molar-refractivity contribution in [3.05, 3.63) is 46.2 Å². The van der Waals surface area contributed by atoms with Gasteiger partial charge in [0.05, 0.1) is 18.8 Å². The minimum Gasteiger partial charge on any atom is -0.374 e. The predicted octanol–water partition coefficient (Wildman–Crippen LogP) is 2.31. The van der Waals surface area contributed by atoms with Crippen LogP contribution >= 0.6 is 0 Å². The number of benzene rings is 1. The lowest BCUT2D eigenvalue weighted by atomic mass is 9.89. The molecule has 1 saturated carbocycles. The summed E-state index contributed by atoms with van der Waals surface area (Å²) in [6.07, 6.45) is 5.91. The van der Waals surface area contributed by atoms with Crippen LogP contribution in [-0.2, 0) is 4.74 Å². The van der Waals surface area contributed by atoms with Gasteiger partial charge in [-0.3, -0.25) is 9.59 Å². The van der Waals surface area contributed by atoms with Crippen LogP contribution in [0.3, 0.4) is 0 Å². The molecule has 0 unspecified atom stereocenters. The Labute approximate surface area is 134 Å². The van der Waals surface area contributed by atoms with E-state index >= 15 is 0 Å². The Bertz CT molecular complexity index is 796. The van der Waals surface area contributed by atoms with Gasteiger partial charge in [-0.2, -0.15) is 0 Å². The van der Waals surface area contributed by atoms with E-state index in [1.165, 1.54) is 0 Å². The molecule has 1 N–H and O–H groups in total. The van der Waals surface area contributed by atoms with Crippen molar-refractivity contribution in [2.24, 2.45) is 0 Å². The van der Waals surface area contributed by atoms with E-state index in [4.69, 9.17) is 4.74 Å². The van der Waals surface area contributed by atoms with Crippen LogP contribution in [0.5, 0.6) is 0 Å². The van der Waals surface area contributed by atoms with E-state index in [9.17, 15) is 9.59 Å². The second-order valence-corrected chi connectivity index (χ2v) is 6.34. The largest absolute Gasteiger partial charge is 0.374 e. The molecule has 0 spiro atoms. The summed E-state index contributed by atoms with van der Waals surface area (Å²) in [4.78, 5) is 30.6. The number of rotatable bonds is 1. The first-order chi connectivity index (χ1) is 11.3. The normalized spacial score (nSPS) is 24.4. The molecule has 5 nitrogen and oxygen atoms in total. The summed E-state index contributed by atoms with van der Waals surface area (Å²) in [6, 6.07) is 7.40. The maximum absolute atomic E-state index is 13.0. The summed E-state index contributed by atoms with van der Waals surface area (Å²) >= 11 is 0. The van der Waals surface area contributed by atoms with E-state index in [0.717, 1.165) is 31.2 Å². The van der Waals surface area contributed by atoms with Gasteiger partial charge in [-0.15, -0.1) is 0 Å². The standard InChI is InChI=1S/C18H20N2O3/c21-17-12-5-1-2-6-14(12)19-11-13(17)18(22)20-9-10-23-16-8-4-3-7-15(16)20/h1-2,5-6,11,15-16H,3-4,7-10H2,(H,19,21)/t15-,16+/m1/s1. The molecule has 1 amide bonds. The molecule has 2 fully saturated rings. The minimum atomic E-state index is -0.191. The van der Waals surface area contributed by atoms with Gasteiger partial charge >= 0.3 is 0 Å². The fraction of sp³-hybridized carbons (Fsp3) is 0.444. The zero-order chi connectivity index (χ0) is 15.8. The van der Waals surface area contributed by atoms with E-state index in [0.29, 0.717) is 18.5 Å². The molecular formula is C18H20N2O3. The highest BCUT2D eigenvalue weighted by Crippen LogP contribution is 2.29. The zero-order valence-electron chi connectivity index (χ0n) is 13.0. The number of carbonyl (C=O) groups excluding carboxylic acids is 1. The van der Waals surface area contributed by atoms with Crippen LogP contribution in [0.4, 0.5) is 0 Å². The Balaban J connectivity index is 1.71. The molecule has 23 heavy (non-hydrogen) atoms. The van der Waals surface area contributed by atoms with Crippen molar-refractivity contribution in [3.8, 4) is 0 Å². The molecule has 4 rings (SSSR count). The van der Waals surface area contributed by atoms with Crippen molar-refractivity contribution >= 4 is 16.8 Å². The number of para-hydroxylation sites is 1. The predicted molar refractivity (Wildman–Crippen MR) is 87.6 cm³/mol. The summed E-state index contributed by atoms with van der Waals surface area (Å²) in [7, 11) is 0. The number of amides is 1. The quantitative estimate of drug-likeness (QED) is 0.879. The molecule has 2 aliphatic rings. The van der Waals surface area contributed by atoms with E-state index in [1.807, 2.05) is 23.1 Å². The fourth-order valence-corrected chi connectivity index (χ4v) is 3.83. The summed E-state index contributed by atoms with van der Waals surface area (Å²) in [5.74, 6) is -0.169. The number of aromatic amines is 1. The van der Waals surface area contributed by atoms with E-state index in [2.05, 4.69) is 4.98 Å². The highest BCUT2D eigenvalue weighted by molar-refractivity contribution is 5.97. The van der Waals surface area contributed by atoms with E-state index < -0.39 is 0 Å². The lowest BCUT2D eigenvalue weighted by molar-refractivity contribution is -0.0753. The summed E-state index contributed by atoms with van der Waals surface area (Å²) in [6.45, 7) is 1.12. The lowest BCUT2D eigenvalue weighted by Gasteiger charge is -2.43. The van der Waals surface area contributed by atoms with Crippen molar-refractivity contribution in [3.63, 3.8) is 0 Å². The third-order valence-electron chi connectivity index (χ3n) is 5.01. The highest BCUT2D eigenvalue weighted by atomic mass is 16.5. The van der Waals surface area contributed by atoms with Gasteiger partial charge < -0.3 is 14.6 Å². The van der Waals surface area contributed by atoms with Gasteiger partial charge in [0.15, 0.2) is 0 Å². The molecule has 2 aromatic rings. The maximum Gasteiger partial charge on any atom is 0.259 e. The van der Waals surface area contributed by atoms with Crippen LogP contribution in [-0.4, -0.2) is 41.1 Å². The van der Waals surface area contributed by atoms with Crippen LogP contribution in [0.1, 0.15) is 36.0 Å². The first-order valence-corrected chi connectivity index (χ1v) is 8.29. The molecular weight excluding hydrogens is 292 g/mol. The summed E-state index contributed by atoms with van der Waals surface area (Å²) < 4.78 is 5.82. The van der Waals surface area contributed by atoms with Crippen LogP contribution in [0, 0.1) is 0 Å². The van der Waals surface area contributed by atoms with Crippen LogP contribution in [0.15, 0.2) is 35.3 Å². The van der Waals surface area contributed by atoms with Gasteiger partial charge in [0.2, 0.25) is 5.43 Å². The van der Waals surface area contributed by atoms with Crippen LogP contribution in [0.2, 0.25) is 0 Å². The number of ether oxygens (including phenoxy) is 1. The van der Waals surface area contributed by atoms with Gasteiger partial charge in [-0.1, -0.05) is 25.0 Å². The Morgan fingerprint density at radius 3 is 2.96 bits per heavy atom. The number of H-pyrrole nitrogens is 1. The van der Waals surface area contributed by atoms with E-state index in [1.54, 1.807) is 12.3 Å². The van der Waals surface area contributed by atoms with E-state index in [-0.39, 0.29) is 29.0 Å². The molecule has 1 aromatic heterocycles. The molecule has 2 heterocycles. The Morgan fingerprint density at radius 2 is 2.04 bits per heavy atom. The lowest BCUT2D eigenvalue weighted by Crippen LogP contribution is -2.55. The number of fused-ring (bicyclic) bond motifs is 2. The highest BCUT2D eigenvalue weighted by Gasteiger charge is 2.37. The van der Waals surface area contributed by atoms with Crippen molar-refractivity contribution < 1.29 is 9.53 Å². The SMILES string of the molecule is O=C(c1c[nH]c2ccccc2c1=O)N1CCO[C@H]2CCCC[C@H]21. The second kappa shape index (κ2) is 5.81. The number of nitrogens with one attached hydrogen (secondary N) is 1. The van der Waals surface area contributed by atoms with Gasteiger partial charge in [0.25, 0.3) is 5.91 Å². The van der Waals surface area contributed by atoms with Crippen molar-refractivity contribution in [1.29, 1.82) is 0 Å². The molecule has 1 aliphatic carbocycles. The summed E-state index contributed by atoms with van der Waals surface area (Å²) in [5, 5.41) is 0.562. The Hall–Kier alpha value is -2.14. The summed E-state index contributed by atoms with van der Waals surface area (Å²) in [5.41, 5.74) is 0.796. The number of hydrogen-bond donors (Lipinski definition) is 1. The van der Waals surface area contributed by atoms with Crippen molar-refractivity contribution in [1.82, 2.24) is 9.88 Å². The smallest absolute Gasteiger partial charge is 0.259 e. The molecule has 0 radical (unpaired) electrons. The molecule has 0 bridgehead atoms. The third-order valence-corrected chi connectivity index (χ3v) is 5.01. The monoisotopic (exact) mass is 312 g/mol. The molecule has 5 heteroatoms. The Kier molecular flexibility index (Phi) is 3.65. The minimum absolute atomic E-state index is 0.107. The molecule has 2 atom stereocenters. The average molecular weight is 312 g/mol. The van der Waals surface area contributed by atoms with Gasteiger partial charge in [0, 0.05) is 23.6 Å². The maximum atomic E-state index is 13.0. The third kappa shape index (κ3) is 2.45. The van der Waals surface area contributed by atoms with Gasteiger partial charge in [-0.05, 0) is 25.0 Å². The number of aromatic nitrogens is 1. The second-order valence-electron chi connectivity index (χ2n) is 6.34. The first kappa shape index (κ1) is 14.5. The number of morpholine rings is 1. The fourth-order valence-electron chi connectivity index (χ4n) is 3.83. The van der Waals surface area contributed by atoms with Crippen LogP contribution < -0.4 is 5.43 Å². The number of carbonyl (C=O) groups is 1. The van der Waals surface area contributed by atoms with Crippen LogP contribution in [0.25, 0.3) is 10.9 Å². The number of nitrogens with zero attached hydrogens (tertiary/aromatic N) is 1. The zero-order valence-corrected chi connectivity index (χ0v) is 13.0. The molecule has 1 aromatic carbocycles. The molecule has 120 valence electrons. The number of pyridine rings is 1. The Morgan fingerprint density at radius 1 is 1.22 bits per heavy atom. The van der Waals surface area contributed by atoms with Gasteiger partial charge in [0.1, 0.15) is 5.56 Å². The molecule has 1 aliphatic heterocycles. The number of hydrogen-bond acceptors (Lipinski definition) is 3. The first-order valence-electron chi connectivity index (χ1n) is 8.29. The van der Waals surface area contributed by atoms with Gasteiger partial charge in [-0.25, -0.2) is 0 Å².